The highest BCUT2D eigenvalue weighted by atomic mass is 79.9. The molecule has 0 fully saturated rings. The average Bonchev–Trinajstić information content (AvgIpc) is 2.37. The number of nitrogens with zero attached hydrogens (tertiary/aromatic N) is 1. The van der Waals surface area contributed by atoms with Gasteiger partial charge in [-0.15, -0.1) is 0 Å². The average molecular weight is 329 g/mol. The van der Waals surface area contributed by atoms with Gasteiger partial charge in [0.25, 0.3) is 0 Å². The highest BCUT2D eigenvalue weighted by Gasteiger charge is 2.16. The quantitative estimate of drug-likeness (QED) is 0.492. The van der Waals surface area contributed by atoms with Crippen molar-refractivity contribution < 1.29 is 9.60 Å². The molecule has 0 atom stereocenters. The highest BCUT2D eigenvalue weighted by molar-refractivity contribution is 9.10. The molecule has 0 aliphatic heterocycles. The van der Waals surface area contributed by atoms with E-state index < -0.39 is 5.82 Å². The Balaban J connectivity index is 2.61. The molecular formula is C13H8BrClFNO. The van der Waals surface area contributed by atoms with E-state index in [1.54, 1.807) is 36.4 Å². The van der Waals surface area contributed by atoms with Crippen molar-refractivity contribution in [2.24, 2.45) is 5.16 Å². The lowest BCUT2D eigenvalue weighted by molar-refractivity contribution is 0.319. The van der Waals surface area contributed by atoms with Gasteiger partial charge in [0.1, 0.15) is 11.5 Å². The Morgan fingerprint density at radius 3 is 2.44 bits per heavy atom. The summed E-state index contributed by atoms with van der Waals surface area (Å²) in [4.78, 5) is 0. The highest BCUT2D eigenvalue weighted by Crippen LogP contribution is 2.24. The molecule has 0 aromatic heterocycles. The SMILES string of the molecule is O/N=C(\c1ccccc1Cl)c1cccc(Br)c1F. The largest absolute Gasteiger partial charge is 0.410 e. The van der Waals surface area contributed by atoms with Gasteiger partial charge < -0.3 is 5.21 Å². The van der Waals surface area contributed by atoms with Crippen LogP contribution in [0.4, 0.5) is 4.39 Å². The third-order valence-electron chi connectivity index (χ3n) is 2.44. The molecule has 0 unspecified atom stereocenters. The Kier molecular flexibility index (Phi) is 3.99. The van der Waals surface area contributed by atoms with E-state index in [4.69, 9.17) is 16.8 Å². The summed E-state index contributed by atoms with van der Waals surface area (Å²) in [7, 11) is 0. The fourth-order valence-corrected chi connectivity index (χ4v) is 2.18. The van der Waals surface area contributed by atoms with Crippen LogP contribution in [-0.4, -0.2) is 10.9 Å². The van der Waals surface area contributed by atoms with Gasteiger partial charge in [-0.1, -0.05) is 41.0 Å². The van der Waals surface area contributed by atoms with Crippen LogP contribution >= 0.6 is 27.5 Å². The number of hydrogen-bond acceptors (Lipinski definition) is 2. The molecule has 0 spiro atoms. The molecule has 0 bridgehead atoms. The van der Waals surface area contributed by atoms with Gasteiger partial charge in [0, 0.05) is 11.1 Å². The lowest BCUT2D eigenvalue weighted by atomic mass is 10.0. The topological polar surface area (TPSA) is 32.6 Å². The predicted molar refractivity (Wildman–Crippen MR) is 73.0 cm³/mol. The Hall–Kier alpha value is -1.39. The zero-order valence-corrected chi connectivity index (χ0v) is 11.4. The molecule has 2 aromatic carbocycles. The minimum absolute atomic E-state index is 0.0967. The third kappa shape index (κ3) is 2.40. The van der Waals surface area contributed by atoms with E-state index in [2.05, 4.69) is 21.1 Å². The van der Waals surface area contributed by atoms with Crippen LogP contribution in [0.2, 0.25) is 5.02 Å². The van der Waals surface area contributed by atoms with Crippen molar-refractivity contribution in [3.8, 4) is 0 Å². The van der Waals surface area contributed by atoms with Crippen LogP contribution in [0.3, 0.4) is 0 Å². The lowest BCUT2D eigenvalue weighted by Crippen LogP contribution is -2.07. The van der Waals surface area contributed by atoms with Crippen LogP contribution < -0.4 is 0 Å². The maximum atomic E-state index is 14.0. The molecule has 0 aliphatic rings. The second-order valence-electron chi connectivity index (χ2n) is 3.53. The van der Waals surface area contributed by atoms with Crippen molar-refractivity contribution in [2.45, 2.75) is 0 Å². The van der Waals surface area contributed by atoms with Crippen molar-refractivity contribution in [3.63, 3.8) is 0 Å². The van der Waals surface area contributed by atoms with E-state index in [1.165, 1.54) is 6.07 Å². The second kappa shape index (κ2) is 5.50. The number of benzene rings is 2. The van der Waals surface area contributed by atoms with Gasteiger partial charge in [-0.05, 0) is 34.1 Å². The van der Waals surface area contributed by atoms with Crippen molar-refractivity contribution in [1.29, 1.82) is 0 Å². The van der Waals surface area contributed by atoms with Crippen LogP contribution in [0.5, 0.6) is 0 Å². The van der Waals surface area contributed by atoms with Gasteiger partial charge in [-0.3, -0.25) is 0 Å². The fraction of sp³-hybridized carbons (Fsp3) is 0. The molecule has 2 aromatic rings. The number of oxime groups is 1. The van der Waals surface area contributed by atoms with Gasteiger partial charge in [-0.25, -0.2) is 4.39 Å². The van der Waals surface area contributed by atoms with Crippen LogP contribution in [0.25, 0.3) is 0 Å². The first-order valence-corrected chi connectivity index (χ1v) is 6.23. The normalized spacial score (nSPS) is 11.6. The molecule has 2 rings (SSSR count). The minimum Gasteiger partial charge on any atom is -0.410 e. The standard InChI is InChI=1S/C13H8BrClFNO/c14-10-6-3-5-9(12(10)16)13(17-18)8-4-1-2-7-11(8)15/h1-7,18H/b17-13+. The Bertz CT molecular complexity index is 616. The van der Waals surface area contributed by atoms with E-state index in [0.717, 1.165) is 0 Å². The summed E-state index contributed by atoms with van der Waals surface area (Å²) in [6, 6.07) is 11.6. The first-order chi connectivity index (χ1) is 8.65. The van der Waals surface area contributed by atoms with Gasteiger partial charge in [0.2, 0.25) is 0 Å². The van der Waals surface area contributed by atoms with E-state index >= 15 is 0 Å². The van der Waals surface area contributed by atoms with Gasteiger partial charge in [0.15, 0.2) is 0 Å². The minimum atomic E-state index is -0.495. The van der Waals surface area contributed by atoms with Crippen molar-refractivity contribution >= 4 is 33.2 Å². The first-order valence-electron chi connectivity index (χ1n) is 5.06. The number of halogens is 3. The van der Waals surface area contributed by atoms with E-state index in [1.807, 2.05) is 0 Å². The number of rotatable bonds is 2. The second-order valence-corrected chi connectivity index (χ2v) is 4.79. The van der Waals surface area contributed by atoms with Crippen LogP contribution in [-0.2, 0) is 0 Å². The third-order valence-corrected chi connectivity index (χ3v) is 3.38. The molecule has 0 aliphatic carbocycles. The van der Waals surface area contributed by atoms with E-state index in [0.29, 0.717) is 15.1 Å². The first kappa shape index (κ1) is 13.1. The van der Waals surface area contributed by atoms with Gasteiger partial charge in [0.05, 0.1) is 9.50 Å². The summed E-state index contributed by atoms with van der Waals surface area (Å²) >= 11 is 9.10. The summed E-state index contributed by atoms with van der Waals surface area (Å²) in [6.07, 6.45) is 0. The van der Waals surface area contributed by atoms with E-state index in [-0.39, 0.29) is 11.3 Å². The molecule has 92 valence electrons. The Morgan fingerprint density at radius 2 is 1.78 bits per heavy atom. The Morgan fingerprint density at radius 1 is 1.11 bits per heavy atom. The van der Waals surface area contributed by atoms with Gasteiger partial charge in [-0.2, -0.15) is 0 Å². The molecule has 1 N–H and O–H groups in total. The maximum absolute atomic E-state index is 14.0. The Labute approximate surface area is 117 Å². The molecule has 2 nitrogen and oxygen atoms in total. The molecule has 0 saturated heterocycles. The summed E-state index contributed by atoms with van der Waals surface area (Å²) in [5.74, 6) is -0.495. The number of hydrogen-bond donors (Lipinski definition) is 1. The van der Waals surface area contributed by atoms with Crippen LogP contribution in [0, 0.1) is 5.82 Å². The van der Waals surface area contributed by atoms with Crippen molar-refractivity contribution in [1.82, 2.24) is 0 Å². The monoisotopic (exact) mass is 327 g/mol. The van der Waals surface area contributed by atoms with Crippen molar-refractivity contribution in [2.75, 3.05) is 0 Å². The molecule has 0 heterocycles. The van der Waals surface area contributed by atoms with E-state index in [9.17, 15) is 4.39 Å². The molecule has 0 saturated carbocycles. The summed E-state index contributed by atoms with van der Waals surface area (Å²) < 4.78 is 14.3. The predicted octanol–water partition coefficient (Wildman–Crippen LogP) is 4.47. The summed E-state index contributed by atoms with van der Waals surface area (Å²) in [6.45, 7) is 0. The van der Waals surface area contributed by atoms with Crippen molar-refractivity contribution in [3.05, 3.63) is 68.9 Å². The van der Waals surface area contributed by atoms with Crippen LogP contribution in [0.15, 0.2) is 52.1 Å². The van der Waals surface area contributed by atoms with Crippen LogP contribution in [0.1, 0.15) is 11.1 Å². The summed E-state index contributed by atoms with van der Waals surface area (Å²) in [5, 5.41) is 12.7. The molecule has 5 heteroatoms. The zero-order valence-electron chi connectivity index (χ0n) is 9.07. The maximum Gasteiger partial charge on any atom is 0.146 e. The molecule has 0 amide bonds. The summed E-state index contributed by atoms with van der Waals surface area (Å²) in [5.41, 5.74) is 0.748. The fourth-order valence-electron chi connectivity index (χ4n) is 1.59. The molecule has 0 radical (unpaired) electrons. The zero-order chi connectivity index (χ0) is 13.1. The smallest absolute Gasteiger partial charge is 0.146 e. The molecule has 18 heavy (non-hydrogen) atoms. The van der Waals surface area contributed by atoms with Gasteiger partial charge >= 0.3 is 0 Å². The lowest BCUT2D eigenvalue weighted by Gasteiger charge is -2.08. The molecular weight excluding hydrogens is 321 g/mol.